The maximum Gasteiger partial charge on any atom is 0.303 e. The Morgan fingerprint density at radius 2 is 1.62 bits per heavy atom. The van der Waals surface area contributed by atoms with Crippen LogP contribution in [0.15, 0.2) is 60.7 Å². The molecule has 2 atom stereocenters. The minimum Gasteiger partial charge on any atom is -0.481 e. The summed E-state index contributed by atoms with van der Waals surface area (Å²) in [7, 11) is 0. The highest BCUT2D eigenvalue weighted by Crippen LogP contribution is 2.27. The van der Waals surface area contributed by atoms with E-state index in [4.69, 9.17) is 7.85 Å². The summed E-state index contributed by atoms with van der Waals surface area (Å²) in [5, 5.41) is 7.90. The van der Waals surface area contributed by atoms with Crippen molar-refractivity contribution in [3.63, 3.8) is 0 Å². The standard InChI is InChI=1S/C22H28O2S2/c23-22(24)14-8-7-13-21(26-18-20-11-5-2-6-12-20)15-16-25-17-19-9-3-1-4-10-19/h1-6,9-12,21H,7-8,13-18H2,(H,23,24)/i15D,21D. The number of carbonyl (C=O) groups is 1. The summed E-state index contributed by atoms with van der Waals surface area (Å²) in [4.78, 5) is 10.8. The number of aliphatic carboxylic acids is 1. The third kappa shape index (κ3) is 9.35. The Balaban J connectivity index is 1.91. The first-order chi connectivity index (χ1) is 13.5. The predicted molar refractivity (Wildman–Crippen MR) is 115 cm³/mol. The summed E-state index contributed by atoms with van der Waals surface area (Å²) in [5.41, 5.74) is 2.38. The van der Waals surface area contributed by atoms with Gasteiger partial charge in [-0.05, 0) is 36.1 Å². The number of hydrogen-bond donors (Lipinski definition) is 1. The number of unbranched alkanes of at least 4 members (excludes halogenated alkanes) is 1. The number of hydrogen-bond acceptors (Lipinski definition) is 3. The molecule has 0 aliphatic rings. The highest BCUT2D eigenvalue weighted by atomic mass is 32.2. The lowest BCUT2D eigenvalue weighted by atomic mass is 10.1. The van der Waals surface area contributed by atoms with Gasteiger partial charge >= 0.3 is 5.97 Å². The van der Waals surface area contributed by atoms with Gasteiger partial charge in [0.05, 0.1) is 0 Å². The lowest BCUT2D eigenvalue weighted by Crippen LogP contribution is -2.06. The fourth-order valence-electron chi connectivity index (χ4n) is 2.46. The van der Waals surface area contributed by atoms with Crippen molar-refractivity contribution in [2.45, 2.75) is 48.8 Å². The van der Waals surface area contributed by atoms with Gasteiger partial charge in [-0.1, -0.05) is 67.1 Å². The van der Waals surface area contributed by atoms with Gasteiger partial charge in [0.2, 0.25) is 0 Å². The van der Waals surface area contributed by atoms with Crippen molar-refractivity contribution in [2.75, 3.05) is 5.75 Å². The summed E-state index contributed by atoms with van der Waals surface area (Å²) < 4.78 is 17.6. The summed E-state index contributed by atoms with van der Waals surface area (Å²) in [6.07, 6.45) is 1.37. The van der Waals surface area contributed by atoms with E-state index in [1.165, 1.54) is 17.3 Å². The molecule has 140 valence electrons. The SMILES string of the molecule is [2H]C(CSCc1ccccc1)C([2H])(CCCCC(=O)O)SCc1ccccc1. The van der Waals surface area contributed by atoms with Crippen LogP contribution in [0.3, 0.4) is 0 Å². The molecule has 2 aromatic rings. The van der Waals surface area contributed by atoms with Gasteiger partial charge in [-0.15, -0.1) is 0 Å². The third-order valence-corrected chi connectivity index (χ3v) is 6.03. The van der Waals surface area contributed by atoms with Gasteiger partial charge in [0.15, 0.2) is 0 Å². The van der Waals surface area contributed by atoms with Crippen LogP contribution >= 0.6 is 23.5 Å². The molecular weight excluding hydrogens is 360 g/mol. The van der Waals surface area contributed by atoms with Gasteiger partial charge in [0, 0.05) is 25.9 Å². The maximum atomic E-state index is 10.8. The lowest BCUT2D eigenvalue weighted by molar-refractivity contribution is -0.137. The molecule has 0 radical (unpaired) electrons. The van der Waals surface area contributed by atoms with E-state index < -0.39 is 17.6 Å². The largest absolute Gasteiger partial charge is 0.481 e. The molecule has 0 aliphatic carbocycles. The molecule has 2 nitrogen and oxygen atoms in total. The van der Waals surface area contributed by atoms with Crippen molar-refractivity contribution in [3.05, 3.63) is 71.8 Å². The molecule has 0 bridgehead atoms. The second kappa shape index (κ2) is 12.9. The Morgan fingerprint density at radius 3 is 2.23 bits per heavy atom. The van der Waals surface area contributed by atoms with Crippen LogP contribution in [-0.4, -0.2) is 22.1 Å². The van der Waals surface area contributed by atoms with Crippen molar-refractivity contribution in [3.8, 4) is 0 Å². The molecule has 0 saturated carbocycles. The highest BCUT2D eigenvalue weighted by Gasteiger charge is 2.10. The van der Waals surface area contributed by atoms with E-state index in [9.17, 15) is 4.79 Å². The van der Waals surface area contributed by atoms with Crippen LogP contribution in [0.2, 0.25) is 0 Å². The first-order valence-electron chi connectivity index (χ1n) is 10.0. The molecule has 0 aromatic heterocycles. The van der Waals surface area contributed by atoms with E-state index in [-0.39, 0.29) is 6.42 Å². The van der Waals surface area contributed by atoms with Crippen LogP contribution in [0.1, 0.15) is 45.9 Å². The Hall–Kier alpha value is -1.39. The van der Waals surface area contributed by atoms with Crippen LogP contribution in [0.4, 0.5) is 0 Å². The predicted octanol–water partition coefficient (Wildman–Crippen LogP) is 6.26. The number of carboxylic acids is 1. The van der Waals surface area contributed by atoms with Crippen LogP contribution < -0.4 is 0 Å². The number of carboxylic acid groups (broad SMARTS) is 1. The molecule has 0 fully saturated rings. The van der Waals surface area contributed by atoms with Gasteiger partial charge in [0.1, 0.15) is 0 Å². The van der Waals surface area contributed by atoms with Gasteiger partial charge in [-0.25, -0.2) is 0 Å². The Morgan fingerprint density at radius 1 is 1.00 bits per heavy atom. The maximum absolute atomic E-state index is 10.8. The normalized spacial score (nSPS) is 15.5. The minimum atomic E-state index is -0.933. The molecule has 2 unspecified atom stereocenters. The first kappa shape index (κ1) is 18.0. The van der Waals surface area contributed by atoms with Gasteiger partial charge in [-0.3, -0.25) is 4.79 Å². The Kier molecular flexibility index (Phi) is 8.92. The van der Waals surface area contributed by atoms with E-state index >= 15 is 0 Å². The van der Waals surface area contributed by atoms with Crippen molar-refractivity contribution >= 4 is 29.5 Å². The fourth-order valence-corrected chi connectivity index (χ4v) is 4.47. The van der Waals surface area contributed by atoms with E-state index in [1.807, 2.05) is 48.5 Å². The van der Waals surface area contributed by atoms with Gasteiger partial charge < -0.3 is 5.11 Å². The summed E-state index contributed by atoms with van der Waals surface area (Å²) in [6.45, 7) is 0. The Bertz CT molecular complexity index is 700. The van der Waals surface area contributed by atoms with E-state index in [1.54, 1.807) is 11.8 Å². The van der Waals surface area contributed by atoms with Gasteiger partial charge in [0.25, 0.3) is 0 Å². The van der Waals surface area contributed by atoms with E-state index in [0.29, 0.717) is 30.8 Å². The summed E-state index contributed by atoms with van der Waals surface area (Å²) in [5.74, 6) is 1.34. The summed E-state index contributed by atoms with van der Waals surface area (Å²) in [6, 6.07) is 20.2. The van der Waals surface area contributed by atoms with Crippen LogP contribution in [0, 0.1) is 0 Å². The third-order valence-electron chi connectivity index (χ3n) is 3.87. The molecule has 0 aliphatic heterocycles. The van der Waals surface area contributed by atoms with Crippen LogP contribution in [0.25, 0.3) is 0 Å². The Labute approximate surface area is 168 Å². The van der Waals surface area contributed by atoms with E-state index in [0.717, 1.165) is 11.3 Å². The fraction of sp³-hybridized carbons (Fsp3) is 0.409. The molecular formula is C22H28O2S2. The molecule has 2 rings (SSSR count). The van der Waals surface area contributed by atoms with Crippen molar-refractivity contribution in [2.24, 2.45) is 0 Å². The zero-order chi connectivity index (χ0) is 20.2. The second-order valence-corrected chi connectivity index (χ2v) is 8.18. The molecule has 0 saturated heterocycles. The zero-order valence-electron chi connectivity index (χ0n) is 17.0. The molecule has 26 heavy (non-hydrogen) atoms. The molecule has 4 heteroatoms. The lowest BCUT2D eigenvalue weighted by Gasteiger charge is -2.16. The molecule has 0 amide bonds. The summed E-state index contributed by atoms with van der Waals surface area (Å²) >= 11 is 3.20. The zero-order valence-corrected chi connectivity index (χ0v) is 16.6. The number of thioether (sulfide) groups is 2. The quantitative estimate of drug-likeness (QED) is 0.410. The van der Waals surface area contributed by atoms with Crippen LogP contribution in [-0.2, 0) is 16.3 Å². The number of rotatable bonds is 13. The van der Waals surface area contributed by atoms with Gasteiger partial charge in [-0.2, -0.15) is 23.5 Å². The average Bonchev–Trinajstić information content (AvgIpc) is 2.71. The molecule has 1 N–H and O–H groups in total. The molecule has 0 spiro atoms. The van der Waals surface area contributed by atoms with Crippen molar-refractivity contribution < 1.29 is 12.6 Å². The topological polar surface area (TPSA) is 37.3 Å². The highest BCUT2D eigenvalue weighted by molar-refractivity contribution is 7.99. The molecule has 0 heterocycles. The van der Waals surface area contributed by atoms with Crippen LogP contribution in [0.5, 0.6) is 0 Å². The second-order valence-electron chi connectivity index (χ2n) is 6.05. The average molecular weight is 391 g/mol. The molecule has 2 aromatic carbocycles. The van der Waals surface area contributed by atoms with Crippen molar-refractivity contribution in [1.29, 1.82) is 0 Å². The van der Waals surface area contributed by atoms with Crippen molar-refractivity contribution in [1.82, 2.24) is 0 Å². The van der Waals surface area contributed by atoms with E-state index in [2.05, 4.69) is 12.1 Å². The smallest absolute Gasteiger partial charge is 0.303 e. The minimum absolute atomic E-state index is 0.130. The first-order valence-corrected chi connectivity index (χ1v) is 11.1. The number of benzene rings is 2. The monoisotopic (exact) mass is 390 g/mol.